The summed E-state index contributed by atoms with van der Waals surface area (Å²) in [6, 6.07) is 12.4. The van der Waals surface area contributed by atoms with Gasteiger partial charge >= 0.3 is 18.2 Å². The summed E-state index contributed by atoms with van der Waals surface area (Å²) in [5.74, 6) is -1.72. The van der Waals surface area contributed by atoms with Gasteiger partial charge in [-0.15, -0.1) is 16.7 Å². The van der Waals surface area contributed by atoms with Crippen LogP contribution in [-0.2, 0) is 27.3 Å². The second-order valence-electron chi connectivity index (χ2n) is 11.0. The van der Waals surface area contributed by atoms with Crippen LogP contribution in [0, 0.1) is 18.2 Å². The maximum Gasteiger partial charge on any atom is 0.355 e. The molecule has 0 N–H and O–H groups in total. The standard InChI is InChI=1S/C15H14Cl2F3N3O3.C15H23NO/c1-3-26-13(24)10(17)4-8-5-12(11(18)6-9(8)16)23-15(25)22(14(19)20)7(2)21-23;1-12(2)16(14(17)15(3,4)5)11-13-9-7-6-8-10-13/h5-6,10,14H,3-4H2,1-2H3;6-10,12H,11H2,1-5H3. The van der Waals surface area contributed by atoms with E-state index in [1.807, 2.05) is 43.9 Å². The van der Waals surface area contributed by atoms with Crippen molar-refractivity contribution in [2.75, 3.05) is 6.61 Å². The van der Waals surface area contributed by atoms with Crippen LogP contribution >= 0.6 is 23.2 Å². The Kier molecular flexibility index (Phi) is 12.9. The van der Waals surface area contributed by atoms with Gasteiger partial charge in [0.2, 0.25) is 5.91 Å². The average molecular weight is 646 g/mol. The van der Waals surface area contributed by atoms with E-state index < -0.39 is 29.4 Å². The molecule has 0 fully saturated rings. The first-order valence-electron chi connectivity index (χ1n) is 13.6. The average Bonchev–Trinajstić information content (AvgIpc) is 3.22. The predicted molar refractivity (Wildman–Crippen MR) is 160 cm³/mol. The minimum absolute atomic E-state index is 0.0424. The highest BCUT2D eigenvalue weighted by Crippen LogP contribution is 2.26. The molecule has 1 amide bonds. The first kappa shape index (κ1) is 35.9. The number of benzene rings is 2. The smallest absolute Gasteiger partial charge is 0.355 e. The van der Waals surface area contributed by atoms with Gasteiger partial charge in [-0.2, -0.15) is 13.5 Å². The van der Waals surface area contributed by atoms with Gasteiger partial charge in [-0.05, 0) is 51.0 Å². The molecule has 1 unspecified atom stereocenters. The number of halogens is 5. The van der Waals surface area contributed by atoms with E-state index in [9.17, 15) is 27.6 Å². The van der Waals surface area contributed by atoms with Crippen LogP contribution in [0.25, 0.3) is 5.69 Å². The van der Waals surface area contributed by atoms with Crippen molar-refractivity contribution in [3.8, 4) is 5.69 Å². The maximum atomic E-state index is 14.2. The Bertz CT molecular complexity index is 1450. The molecule has 0 aliphatic carbocycles. The first-order chi connectivity index (χ1) is 20.0. The van der Waals surface area contributed by atoms with Crippen LogP contribution < -0.4 is 5.69 Å². The Morgan fingerprint density at radius 2 is 1.72 bits per heavy atom. The lowest BCUT2D eigenvalue weighted by molar-refractivity contribution is -0.143. The summed E-state index contributed by atoms with van der Waals surface area (Å²) in [6.45, 7) is 10.5. The van der Waals surface area contributed by atoms with Gasteiger partial charge in [0.1, 0.15) is 16.9 Å². The van der Waals surface area contributed by atoms with Gasteiger partial charge in [-0.3, -0.25) is 9.59 Å². The number of amides is 1. The molecule has 0 radical (unpaired) electrons. The SMILES string of the molecule is CC(C)N(Cc1ccccc1)C(=O)C(C)(C)C.CCOC(=O)C(Cl)Cc1cc(-n2nc(C)n(C(F)F)c2=O)c(F)cc1Cl. The van der Waals surface area contributed by atoms with Gasteiger partial charge in [0.15, 0.2) is 5.82 Å². The van der Waals surface area contributed by atoms with Crippen LogP contribution in [0.4, 0.5) is 13.2 Å². The topological polar surface area (TPSA) is 86.4 Å². The molecule has 1 atom stereocenters. The molecule has 2 aromatic carbocycles. The number of carbonyl (C=O) groups is 2. The Balaban J connectivity index is 0.000000329. The van der Waals surface area contributed by atoms with Crippen LogP contribution in [0.15, 0.2) is 47.3 Å². The fraction of sp³-hybridized carbons (Fsp3) is 0.467. The molecule has 0 spiro atoms. The Hall–Kier alpha value is -3.31. The molecule has 0 saturated carbocycles. The number of hydrogen-bond acceptors (Lipinski definition) is 5. The summed E-state index contributed by atoms with van der Waals surface area (Å²) in [5.41, 5.74) is -0.507. The summed E-state index contributed by atoms with van der Waals surface area (Å²) < 4.78 is 45.5. The van der Waals surface area contributed by atoms with E-state index in [1.54, 1.807) is 6.92 Å². The van der Waals surface area contributed by atoms with Crippen LogP contribution in [0.1, 0.15) is 65.0 Å². The van der Waals surface area contributed by atoms with Crippen LogP contribution in [0.2, 0.25) is 5.02 Å². The normalized spacial score (nSPS) is 12.1. The van der Waals surface area contributed by atoms with E-state index in [2.05, 4.69) is 31.1 Å². The highest BCUT2D eigenvalue weighted by Gasteiger charge is 2.29. The zero-order valence-corrected chi connectivity index (χ0v) is 26.7. The van der Waals surface area contributed by atoms with Crippen molar-refractivity contribution >= 4 is 35.1 Å². The van der Waals surface area contributed by atoms with E-state index in [4.69, 9.17) is 27.9 Å². The van der Waals surface area contributed by atoms with Crippen molar-refractivity contribution in [2.24, 2.45) is 5.41 Å². The van der Waals surface area contributed by atoms with Crippen molar-refractivity contribution < 1.29 is 27.5 Å². The molecule has 236 valence electrons. The highest BCUT2D eigenvalue weighted by molar-refractivity contribution is 6.32. The van der Waals surface area contributed by atoms with Crippen LogP contribution in [-0.4, -0.2) is 49.1 Å². The molecule has 1 heterocycles. The fourth-order valence-corrected chi connectivity index (χ4v) is 4.42. The predicted octanol–water partition coefficient (Wildman–Crippen LogP) is 6.71. The molecule has 3 rings (SSSR count). The van der Waals surface area contributed by atoms with Gasteiger partial charge in [-0.25, -0.2) is 13.8 Å². The lowest BCUT2D eigenvalue weighted by Crippen LogP contribution is -2.43. The Morgan fingerprint density at radius 3 is 2.21 bits per heavy atom. The van der Waals surface area contributed by atoms with Crippen LogP contribution in [0.5, 0.6) is 0 Å². The number of ether oxygens (including phenoxy) is 1. The molecule has 43 heavy (non-hydrogen) atoms. The summed E-state index contributed by atoms with van der Waals surface area (Å²) in [7, 11) is 0. The van der Waals surface area contributed by atoms with Gasteiger partial charge in [0.25, 0.3) is 0 Å². The van der Waals surface area contributed by atoms with E-state index in [1.165, 1.54) is 12.5 Å². The number of hydrogen-bond donors (Lipinski definition) is 0. The quantitative estimate of drug-likeness (QED) is 0.191. The van der Waals surface area contributed by atoms with Crippen LogP contribution in [0.3, 0.4) is 0 Å². The summed E-state index contributed by atoms with van der Waals surface area (Å²) >= 11 is 11.9. The van der Waals surface area contributed by atoms with E-state index in [0.29, 0.717) is 11.2 Å². The molecule has 3 aromatic rings. The Morgan fingerprint density at radius 1 is 1.12 bits per heavy atom. The molecule has 0 saturated heterocycles. The largest absolute Gasteiger partial charge is 0.465 e. The number of nitrogens with zero attached hydrogens (tertiary/aromatic N) is 4. The minimum atomic E-state index is -3.12. The van der Waals surface area contributed by atoms with E-state index >= 15 is 0 Å². The van der Waals surface area contributed by atoms with E-state index in [-0.39, 0.29) is 57.1 Å². The second kappa shape index (κ2) is 15.4. The monoisotopic (exact) mass is 644 g/mol. The fourth-order valence-electron chi connectivity index (χ4n) is 3.97. The zero-order valence-electron chi connectivity index (χ0n) is 25.2. The summed E-state index contributed by atoms with van der Waals surface area (Å²) in [5, 5.41) is 2.52. The maximum absolute atomic E-state index is 14.2. The highest BCUT2D eigenvalue weighted by atomic mass is 35.5. The van der Waals surface area contributed by atoms with Crippen molar-refractivity contribution in [3.05, 3.63) is 80.7 Å². The molecule has 8 nitrogen and oxygen atoms in total. The molecule has 1 aromatic heterocycles. The second-order valence-corrected chi connectivity index (χ2v) is 11.9. The van der Waals surface area contributed by atoms with Gasteiger partial charge in [0, 0.05) is 29.4 Å². The van der Waals surface area contributed by atoms with Crippen molar-refractivity contribution in [3.63, 3.8) is 0 Å². The lowest BCUT2D eigenvalue weighted by atomic mass is 9.93. The molecule has 13 heteroatoms. The van der Waals surface area contributed by atoms with Gasteiger partial charge in [0.05, 0.1) is 6.61 Å². The number of aryl methyl sites for hydroxylation is 1. The third kappa shape index (κ3) is 9.59. The first-order valence-corrected chi connectivity index (χ1v) is 14.4. The van der Waals surface area contributed by atoms with Crippen molar-refractivity contribution in [1.82, 2.24) is 19.2 Å². The third-order valence-electron chi connectivity index (χ3n) is 6.18. The number of aromatic nitrogens is 3. The molecular formula is C30H37Cl2F3N4O4. The van der Waals surface area contributed by atoms with Crippen molar-refractivity contribution in [1.29, 1.82) is 0 Å². The third-order valence-corrected chi connectivity index (χ3v) is 6.87. The summed E-state index contributed by atoms with van der Waals surface area (Å²) in [4.78, 5) is 38.0. The molecule has 0 aliphatic heterocycles. The summed E-state index contributed by atoms with van der Waals surface area (Å²) in [6.07, 6.45) is -0.115. The minimum Gasteiger partial charge on any atom is -0.465 e. The van der Waals surface area contributed by atoms with Gasteiger partial charge < -0.3 is 9.64 Å². The number of rotatable bonds is 9. The molecule has 0 bridgehead atoms. The number of carbonyl (C=O) groups excluding carboxylic acids is 2. The number of esters is 1. The van der Waals surface area contributed by atoms with Crippen molar-refractivity contribution in [2.45, 2.75) is 79.4 Å². The lowest BCUT2D eigenvalue weighted by Gasteiger charge is -2.32. The zero-order chi connectivity index (χ0) is 32.6. The molecular weight excluding hydrogens is 608 g/mol. The van der Waals surface area contributed by atoms with Gasteiger partial charge in [-0.1, -0.05) is 62.7 Å². The Labute approximate surface area is 259 Å². The van der Waals surface area contributed by atoms with E-state index in [0.717, 1.165) is 12.1 Å². The number of alkyl halides is 3. The molecule has 0 aliphatic rings.